The van der Waals surface area contributed by atoms with Gasteiger partial charge in [-0.25, -0.2) is 4.98 Å². The van der Waals surface area contributed by atoms with E-state index in [0.29, 0.717) is 18.8 Å². The Morgan fingerprint density at radius 1 is 1.41 bits per heavy atom. The summed E-state index contributed by atoms with van der Waals surface area (Å²) in [5, 5.41) is 10.4. The first-order valence-electron chi connectivity index (χ1n) is 5.04. The standard InChI is InChI=1S/C10H15N3O3S/c1-12(2)3-4-13(5-9(14)15)10(16)8-6-17-7-11-8/h6-7H,3-5H2,1-2H3,(H,14,15). The second-order valence-corrected chi connectivity index (χ2v) is 4.52. The zero-order valence-corrected chi connectivity index (χ0v) is 10.6. The van der Waals surface area contributed by atoms with Gasteiger partial charge in [0.05, 0.1) is 5.51 Å². The SMILES string of the molecule is CN(C)CCN(CC(=O)O)C(=O)c1cscn1. The number of thiazole rings is 1. The van der Waals surface area contributed by atoms with E-state index in [0.717, 1.165) is 0 Å². The fraction of sp³-hybridized carbons (Fsp3) is 0.500. The number of aliphatic carboxylic acids is 1. The Labute approximate surface area is 103 Å². The number of likely N-dealkylation sites (N-methyl/N-ethyl adjacent to an activating group) is 1. The number of amides is 1. The molecule has 0 saturated heterocycles. The van der Waals surface area contributed by atoms with Crippen LogP contribution in [-0.4, -0.2) is 65.5 Å². The molecular formula is C10H15N3O3S. The average molecular weight is 257 g/mol. The van der Waals surface area contributed by atoms with Crippen LogP contribution < -0.4 is 0 Å². The molecule has 1 rings (SSSR count). The summed E-state index contributed by atoms with van der Waals surface area (Å²) in [5.41, 5.74) is 1.85. The fourth-order valence-electron chi connectivity index (χ4n) is 1.22. The Balaban J connectivity index is 2.68. The molecule has 6 nitrogen and oxygen atoms in total. The highest BCUT2D eigenvalue weighted by molar-refractivity contribution is 7.07. The van der Waals surface area contributed by atoms with E-state index in [9.17, 15) is 9.59 Å². The molecule has 0 aromatic carbocycles. The Hall–Kier alpha value is -1.47. The van der Waals surface area contributed by atoms with E-state index < -0.39 is 5.97 Å². The van der Waals surface area contributed by atoms with Crippen LogP contribution in [-0.2, 0) is 4.79 Å². The van der Waals surface area contributed by atoms with Crippen LogP contribution in [0.15, 0.2) is 10.9 Å². The van der Waals surface area contributed by atoms with Crippen molar-refractivity contribution in [2.75, 3.05) is 33.7 Å². The van der Waals surface area contributed by atoms with Gasteiger partial charge < -0.3 is 14.9 Å². The largest absolute Gasteiger partial charge is 0.480 e. The van der Waals surface area contributed by atoms with Gasteiger partial charge in [0, 0.05) is 18.5 Å². The lowest BCUT2D eigenvalue weighted by Crippen LogP contribution is -2.40. The molecule has 1 aromatic rings. The zero-order chi connectivity index (χ0) is 12.8. The predicted molar refractivity (Wildman–Crippen MR) is 64.2 cm³/mol. The molecule has 17 heavy (non-hydrogen) atoms. The molecule has 1 heterocycles. The van der Waals surface area contributed by atoms with Gasteiger partial charge in [0.15, 0.2) is 0 Å². The monoisotopic (exact) mass is 257 g/mol. The molecule has 0 atom stereocenters. The number of rotatable bonds is 6. The van der Waals surface area contributed by atoms with E-state index in [1.165, 1.54) is 16.2 Å². The van der Waals surface area contributed by atoms with E-state index in [4.69, 9.17) is 5.11 Å². The van der Waals surface area contributed by atoms with Crippen LogP contribution in [0.25, 0.3) is 0 Å². The van der Waals surface area contributed by atoms with Gasteiger partial charge >= 0.3 is 5.97 Å². The van der Waals surface area contributed by atoms with Crippen molar-refractivity contribution in [3.63, 3.8) is 0 Å². The van der Waals surface area contributed by atoms with Gasteiger partial charge in [0.25, 0.3) is 5.91 Å². The van der Waals surface area contributed by atoms with E-state index >= 15 is 0 Å². The molecule has 0 aliphatic rings. The fourth-order valence-corrected chi connectivity index (χ4v) is 1.74. The molecule has 1 aromatic heterocycles. The van der Waals surface area contributed by atoms with Gasteiger partial charge in [-0.1, -0.05) is 0 Å². The zero-order valence-electron chi connectivity index (χ0n) is 9.79. The van der Waals surface area contributed by atoms with Crippen molar-refractivity contribution in [1.82, 2.24) is 14.8 Å². The highest BCUT2D eigenvalue weighted by atomic mass is 32.1. The molecule has 0 aliphatic heterocycles. The summed E-state index contributed by atoms with van der Waals surface area (Å²) < 4.78 is 0. The molecule has 1 amide bonds. The van der Waals surface area contributed by atoms with Gasteiger partial charge in [-0.3, -0.25) is 9.59 Å². The smallest absolute Gasteiger partial charge is 0.323 e. The first-order valence-corrected chi connectivity index (χ1v) is 5.99. The lowest BCUT2D eigenvalue weighted by Gasteiger charge is -2.21. The second kappa shape index (κ2) is 6.31. The van der Waals surface area contributed by atoms with Crippen LogP contribution in [0.5, 0.6) is 0 Å². The molecule has 0 unspecified atom stereocenters. The third kappa shape index (κ3) is 4.49. The molecule has 0 saturated carbocycles. The van der Waals surface area contributed by atoms with Gasteiger partial charge in [-0.05, 0) is 14.1 Å². The molecule has 0 radical (unpaired) electrons. The van der Waals surface area contributed by atoms with Crippen molar-refractivity contribution < 1.29 is 14.7 Å². The second-order valence-electron chi connectivity index (χ2n) is 3.80. The van der Waals surface area contributed by atoms with Crippen molar-refractivity contribution in [2.24, 2.45) is 0 Å². The summed E-state index contributed by atoms with van der Waals surface area (Å²) in [7, 11) is 3.73. The first kappa shape index (κ1) is 13.6. The molecule has 1 N–H and O–H groups in total. The quantitative estimate of drug-likeness (QED) is 0.789. The molecular weight excluding hydrogens is 242 g/mol. The van der Waals surface area contributed by atoms with Crippen molar-refractivity contribution in [1.29, 1.82) is 0 Å². The lowest BCUT2D eigenvalue weighted by atomic mass is 10.3. The number of carbonyl (C=O) groups is 2. The molecule has 7 heteroatoms. The van der Waals surface area contributed by atoms with Crippen molar-refractivity contribution in [2.45, 2.75) is 0 Å². The Kier molecular flexibility index (Phi) is 5.05. The minimum atomic E-state index is -1.02. The average Bonchev–Trinajstić information content (AvgIpc) is 2.75. The molecule has 0 spiro atoms. The minimum Gasteiger partial charge on any atom is -0.480 e. The number of hydrogen-bond acceptors (Lipinski definition) is 5. The highest BCUT2D eigenvalue weighted by Gasteiger charge is 2.19. The summed E-state index contributed by atoms with van der Waals surface area (Å²) in [6.07, 6.45) is 0. The molecule has 0 aliphatic carbocycles. The Bertz CT molecular complexity index is 378. The number of carboxylic acid groups (broad SMARTS) is 1. The number of aromatic nitrogens is 1. The van der Waals surface area contributed by atoms with Crippen LogP contribution in [0.4, 0.5) is 0 Å². The Morgan fingerprint density at radius 2 is 2.12 bits per heavy atom. The maximum Gasteiger partial charge on any atom is 0.323 e. The van der Waals surface area contributed by atoms with Crippen LogP contribution in [0.1, 0.15) is 10.5 Å². The van der Waals surface area contributed by atoms with Crippen LogP contribution >= 0.6 is 11.3 Å². The van der Waals surface area contributed by atoms with Gasteiger partial charge in [0.1, 0.15) is 12.2 Å². The van der Waals surface area contributed by atoms with Gasteiger partial charge in [-0.2, -0.15) is 0 Å². The number of carboxylic acids is 1. The maximum absolute atomic E-state index is 11.9. The summed E-state index contributed by atoms with van der Waals surface area (Å²) in [5.74, 6) is -1.36. The van der Waals surface area contributed by atoms with Crippen LogP contribution in [0.3, 0.4) is 0 Å². The third-order valence-electron chi connectivity index (χ3n) is 2.08. The van der Waals surface area contributed by atoms with Gasteiger partial charge in [0.2, 0.25) is 0 Å². The molecule has 0 fully saturated rings. The van der Waals surface area contributed by atoms with E-state index in [1.807, 2.05) is 19.0 Å². The molecule has 0 bridgehead atoms. The predicted octanol–water partition coefficient (Wildman–Crippen LogP) is 0.232. The van der Waals surface area contributed by atoms with Crippen LogP contribution in [0, 0.1) is 0 Å². The van der Waals surface area contributed by atoms with Crippen molar-refractivity contribution in [3.8, 4) is 0 Å². The summed E-state index contributed by atoms with van der Waals surface area (Å²) >= 11 is 1.31. The molecule has 94 valence electrons. The third-order valence-corrected chi connectivity index (χ3v) is 2.67. The normalized spacial score (nSPS) is 10.5. The number of hydrogen-bond donors (Lipinski definition) is 1. The van der Waals surface area contributed by atoms with E-state index in [1.54, 1.807) is 10.9 Å². The minimum absolute atomic E-state index is 0.301. The van der Waals surface area contributed by atoms with E-state index in [2.05, 4.69) is 4.98 Å². The van der Waals surface area contributed by atoms with Gasteiger partial charge in [-0.15, -0.1) is 11.3 Å². The Morgan fingerprint density at radius 3 is 2.59 bits per heavy atom. The number of carbonyl (C=O) groups excluding carboxylic acids is 1. The summed E-state index contributed by atoms with van der Waals surface area (Å²) in [6, 6.07) is 0. The van der Waals surface area contributed by atoms with Crippen LogP contribution in [0.2, 0.25) is 0 Å². The number of nitrogens with zero attached hydrogens (tertiary/aromatic N) is 3. The summed E-state index contributed by atoms with van der Waals surface area (Å²) in [4.78, 5) is 29.7. The maximum atomic E-state index is 11.9. The first-order chi connectivity index (χ1) is 8.00. The summed E-state index contributed by atoms with van der Waals surface area (Å²) in [6.45, 7) is 0.684. The highest BCUT2D eigenvalue weighted by Crippen LogP contribution is 2.05. The lowest BCUT2D eigenvalue weighted by molar-refractivity contribution is -0.137. The topological polar surface area (TPSA) is 73.7 Å². The van der Waals surface area contributed by atoms with E-state index in [-0.39, 0.29) is 12.5 Å². The van der Waals surface area contributed by atoms with Crippen molar-refractivity contribution in [3.05, 3.63) is 16.6 Å². The van der Waals surface area contributed by atoms with Crippen molar-refractivity contribution >= 4 is 23.2 Å².